The highest BCUT2D eigenvalue weighted by Crippen LogP contribution is 2.24. The fourth-order valence-electron chi connectivity index (χ4n) is 3.74. The molecule has 32 heavy (non-hydrogen) atoms. The van der Waals surface area contributed by atoms with Gasteiger partial charge in [-0.3, -0.25) is 4.90 Å². The minimum Gasteiger partial charge on any atom is -0.377 e. The highest BCUT2D eigenvalue weighted by molar-refractivity contribution is 7.99. The Morgan fingerprint density at radius 3 is 2.50 bits per heavy atom. The lowest BCUT2D eigenvalue weighted by atomic mass is 9.95. The number of ether oxygens (including phenoxy) is 1. The van der Waals surface area contributed by atoms with E-state index in [0.717, 1.165) is 80.4 Å². The minimum atomic E-state index is -0.0367. The Kier molecular flexibility index (Phi) is 8.90. The molecule has 0 saturated carbocycles. The first-order valence-electron chi connectivity index (χ1n) is 11.7. The van der Waals surface area contributed by atoms with Crippen LogP contribution in [-0.4, -0.2) is 75.2 Å². The van der Waals surface area contributed by atoms with Crippen molar-refractivity contribution in [2.75, 3.05) is 50.5 Å². The summed E-state index contributed by atoms with van der Waals surface area (Å²) in [5, 5.41) is 9.42. The molecule has 0 amide bonds. The van der Waals surface area contributed by atoms with E-state index >= 15 is 0 Å². The van der Waals surface area contributed by atoms with Crippen LogP contribution in [0.15, 0.2) is 11.2 Å². The number of rotatable bonds is 10. The summed E-state index contributed by atoms with van der Waals surface area (Å²) in [5.74, 6) is 3.96. The number of thioether (sulfide) groups is 1. The topological polar surface area (TPSA) is 72.2 Å². The zero-order chi connectivity index (χ0) is 23.1. The second-order valence-corrected chi connectivity index (χ2v) is 10.5. The number of hydrogen-bond acceptors (Lipinski definition) is 8. The van der Waals surface area contributed by atoms with Gasteiger partial charge in [0.1, 0.15) is 18.2 Å². The van der Waals surface area contributed by atoms with E-state index in [2.05, 4.69) is 53.8 Å². The molecule has 8 nitrogen and oxygen atoms in total. The molecule has 0 N–H and O–H groups in total. The number of piperazine rings is 1. The second-order valence-electron chi connectivity index (χ2n) is 9.46. The molecule has 0 aliphatic carbocycles. The first kappa shape index (κ1) is 24.9. The van der Waals surface area contributed by atoms with Gasteiger partial charge in [0.2, 0.25) is 0 Å². The summed E-state index contributed by atoms with van der Waals surface area (Å²) < 4.78 is 7.18. The van der Waals surface area contributed by atoms with E-state index in [1.54, 1.807) is 18.9 Å². The highest BCUT2D eigenvalue weighted by atomic mass is 32.2. The highest BCUT2D eigenvalue weighted by Gasteiger charge is 2.23. The number of anilines is 1. The van der Waals surface area contributed by atoms with Gasteiger partial charge in [-0.2, -0.15) is 0 Å². The van der Waals surface area contributed by atoms with Crippen LogP contribution in [-0.2, 0) is 30.2 Å². The molecule has 0 radical (unpaired) electrons. The van der Waals surface area contributed by atoms with Gasteiger partial charge in [0.15, 0.2) is 11.0 Å². The Morgan fingerprint density at radius 1 is 1.09 bits per heavy atom. The van der Waals surface area contributed by atoms with Crippen LogP contribution in [0.1, 0.15) is 57.9 Å². The van der Waals surface area contributed by atoms with E-state index < -0.39 is 0 Å². The van der Waals surface area contributed by atoms with Crippen molar-refractivity contribution in [3.8, 4) is 0 Å². The van der Waals surface area contributed by atoms with Gasteiger partial charge in [0.05, 0.1) is 0 Å². The minimum absolute atomic E-state index is 0.0367. The molecule has 2 aromatic heterocycles. The molecule has 0 spiro atoms. The van der Waals surface area contributed by atoms with E-state index in [0.29, 0.717) is 6.61 Å². The largest absolute Gasteiger partial charge is 0.377 e. The average Bonchev–Trinajstić information content (AvgIpc) is 3.11. The lowest BCUT2D eigenvalue weighted by molar-refractivity contribution is 0.174. The van der Waals surface area contributed by atoms with Crippen molar-refractivity contribution in [1.29, 1.82) is 0 Å². The fraction of sp³-hybridized carbons (Fsp3) is 0.739. The van der Waals surface area contributed by atoms with Crippen LogP contribution in [0.5, 0.6) is 0 Å². The number of aromatic nitrogens is 5. The summed E-state index contributed by atoms with van der Waals surface area (Å²) in [6, 6.07) is 2.20. The van der Waals surface area contributed by atoms with E-state index in [9.17, 15) is 0 Å². The van der Waals surface area contributed by atoms with Gasteiger partial charge in [-0.15, -0.1) is 10.2 Å². The smallest absolute Gasteiger partial charge is 0.191 e. The van der Waals surface area contributed by atoms with Crippen molar-refractivity contribution in [1.82, 2.24) is 29.6 Å². The molecule has 178 valence electrons. The monoisotopic (exact) mass is 461 g/mol. The van der Waals surface area contributed by atoms with Gasteiger partial charge in [-0.25, -0.2) is 9.97 Å². The molecule has 0 atom stereocenters. The van der Waals surface area contributed by atoms with Crippen LogP contribution >= 0.6 is 11.8 Å². The molecule has 9 heteroatoms. The molecule has 1 fully saturated rings. The Bertz CT molecular complexity index is 857. The molecule has 0 unspecified atom stereocenters. The Labute approximate surface area is 197 Å². The molecule has 3 heterocycles. The molecule has 3 rings (SSSR count). The maximum absolute atomic E-state index is 5.16. The van der Waals surface area contributed by atoms with Gasteiger partial charge < -0.3 is 14.2 Å². The van der Waals surface area contributed by atoms with Crippen molar-refractivity contribution in [2.24, 2.45) is 7.05 Å². The molecule has 1 aliphatic rings. The Balaban J connectivity index is 1.47. The SMILES string of the molecule is CCCc1cc(N2CCN(CCCSc3nnc(COC)n3C)CC2)nc(C(C)(C)C)n1. The summed E-state index contributed by atoms with van der Waals surface area (Å²) >= 11 is 1.77. The van der Waals surface area contributed by atoms with Crippen molar-refractivity contribution < 1.29 is 4.74 Å². The van der Waals surface area contributed by atoms with Crippen molar-refractivity contribution in [3.63, 3.8) is 0 Å². The maximum Gasteiger partial charge on any atom is 0.191 e. The van der Waals surface area contributed by atoms with Crippen molar-refractivity contribution >= 4 is 17.6 Å². The summed E-state index contributed by atoms with van der Waals surface area (Å²) in [6.07, 6.45) is 3.25. The predicted molar refractivity (Wildman–Crippen MR) is 130 cm³/mol. The van der Waals surface area contributed by atoms with E-state index in [4.69, 9.17) is 14.7 Å². The quantitative estimate of drug-likeness (QED) is 0.394. The van der Waals surface area contributed by atoms with Crippen LogP contribution in [0.4, 0.5) is 5.82 Å². The van der Waals surface area contributed by atoms with Crippen molar-refractivity contribution in [3.05, 3.63) is 23.4 Å². The van der Waals surface area contributed by atoms with Gasteiger partial charge in [0, 0.05) is 63.3 Å². The van der Waals surface area contributed by atoms with Crippen LogP contribution in [0, 0.1) is 0 Å². The first-order chi connectivity index (χ1) is 15.3. The molecular weight excluding hydrogens is 422 g/mol. The maximum atomic E-state index is 5.16. The predicted octanol–water partition coefficient (Wildman–Crippen LogP) is 3.31. The van der Waals surface area contributed by atoms with Crippen LogP contribution in [0.3, 0.4) is 0 Å². The molecule has 0 aromatic carbocycles. The molecule has 2 aromatic rings. The summed E-state index contributed by atoms with van der Waals surface area (Å²) in [4.78, 5) is 14.8. The summed E-state index contributed by atoms with van der Waals surface area (Å²) in [7, 11) is 3.68. The molecule has 0 bridgehead atoms. The number of hydrogen-bond donors (Lipinski definition) is 0. The standard InChI is InChI=1S/C23H39N7OS/c1-7-9-18-16-19(25-21(24-18)23(2,3)4)30-13-11-29(12-14-30)10-8-15-32-22-27-26-20(17-31-6)28(22)5/h16H,7-15,17H2,1-6H3. The van der Waals surface area contributed by atoms with Gasteiger partial charge in [-0.1, -0.05) is 45.9 Å². The molecular formula is C23H39N7OS. The van der Waals surface area contributed by atoms with Crippen LogP contribution in [0.25, 0.3) is 0 Å². The third kappa shape index (κ3) is 6.65. The third-order valence-corrected chi connectivity index (χ3v) is 6.79. The Morgan fingerprint density at radius 2 is 1.84 bits per heavy atom. The zero-order valence-electron chi connectivity index (χ0n) is 20.6. The number of aryl methyl sites for hydroxylation is 1. The second kappa shape index (κ2) is 11.4. The third-order valence-electron chi connectivity index (χ3n) is 5.69. The molecule has 1 saturated heterocycles. The van der Waals surface area contributed by atoms with Crippen molar-refractivity contribution in [2.45, 2.75) is 64.1 Å². The van der Waals surface area contributed by atoms with Crippen LogP contribution < -0.4 is 4.90 Å². The lowest BCUT2D eigenvalue weighted by Crippen LogP contribution is -2.47. The lowest BCUT2D eigenvalue weighted by Gasteiger charge is -2.36. The average molecular weight is 462 g/mol. The first-order valence-corrected chi connectivity index (χ1v) is 12.7. The summed E-state index contributed by atoms with van der Waals surface area (Å²) in [5.41, 5.74) is 1.13. The van der Waals surface area contributed by atoms with E-state index in [1.165, 1.54) is 5.69 Å². The normalized spacial score (nSPS) is 15.5. The molecule has 1 aliphatic heterocycles. The number of methoxy groups -OCH3 is 1. The number of nitrogens with zero attached hydrogens (tertiary/aromatic N) is 7. The van der Waals surface area contributed by atoms with Gasteiger partial charge in [0.25, 0.3) is 0 Å². The Hall–Kier alpha value is -1.71. The summed E-state index contributed by atoms with van der Waals surface area (Å²) in [6.45, 7) is 14.6. The fourth-order valence-corrected chi connectivity index (χ4v) is 4.60. The van der Waals surface area contributed by atoms with Gasteiger partial charge in [-0.05, 0) is 19.4 Å². The zero-order valence-corrected chi connectivity index (χ0v) is 21.4. The van der Waals surface area contributed by atoms with E-state index in [-0.39, 0.29) is 5.41 Å². The van der Waals surface area contributed by atoms with Crippen LogP contribution in [0.2, 0.25) is 0 Å². The van der Waals surface area contributed by atoms with Gasteiger partial charge >= 0.3 is 0 Å². The van der Waals surface area contributed by atoms with E-state index in [1.807, 2.05) is 11.6 Å².